The first-order chi connectivity index (χ1) is 7.74. The van der Waals surface area contributed by atoms with Crippen molar-refractivity contribution in [3.63, 3.8) is 0 Å². The van der Waals surface area contributed by atoms with Crippen molar-refractivity contribution in [1.29, 1.82) is 0 Å². The van der Waals surface area contributed by atoms with Crippen LogP contribution in [0, 0.1) is 0 Å². The molecule has 5 heteroatoms. The molecule has 16 heavy (non-hydrogen) atoms. The van der Waals surface area contributed by atoms with Gasteiger partial charge in [-0.3, -0.25) is 9.78 Å². The summed E-state index contributed by atoms with van der Waals surface area (Å²) < 4.78 is 4.85. The standard InChI is InChI=1S/C11H18N2O2S/c1-3-15-11(14)5-4-6-13-9(2)10-7-12-8-16-10/h7-9,13H,3-6H2,1-2H3. The molecule has 0 bridgehead atoms. The van der Waals surface area contributed by atoms with Crippen LogP contribution >= 0.6 is 11.3 Å². The van der Waals surface area contributed by atoms with Gasteiger partial charge in [-0.1, -0.05) is 0 Å². The summed E-state index contributed by atoms with van der Waals surface area (Å²) in [5.41, 5.74) is 1.83. The first kappa shape index (κ1) is 13.1. The van der Waals surface area contributed by atoms with Crippen molar-refractivity contribution >= 4 is 17.3 Å². The number of carbonyl (C=O) groups excluding carboxylic acids is 1. The van der Waals surface area contributed by atoms with E-state index in [0.717, 1.165) is 13.0 Å². The van der Waals surface area contributed by atoms with Crippen LogP contribution in [0.4, 0.5) is 0 Å². The van der Waals surface area contributed by atoms with Crippen LogP contribution in [0.3, 0.4) is 0 Å². The zero-order chi connectivity index (χ0) is 11.8. The quantitative estimate of drug-likeness (QED) is 0.588. The van der Waals surface area contributed by atoms with Gasteiger partial charge in [0.05, 0.1) is 12.1 Å². The Kier molecular flexibility index (Phi) is 6.03. The molecule has 0 aliphatic carbocycles. The van der Waals surface area contributed by atoms with E-state index in [9.17, 15) is 4.79 Å². The summed E-state index contributed by atoms with van der Waals surface area (Å²) in [5, 5.41) is 3.35. The predicted octanol–water partition coefficient (Wildman–Crippen LogP) is 2.14. The van der Waals surface area contributed by atoms with Gasteiger partial charge >= 0.3 is 5.97 Å². The third-order valence-corrected chi connectivity index (χ3v) is 3.15. The molecule has 0 aliphatic heterocycles. The molecule has 1 unspecified atom stereocenters. The van der Waals surface area contributed by atoms with Crippen LogP contribution < -0.4 is 5.32 Å². The van der Waals surface area contributed by atoms with E-state index in [2.05, 4.69) is 17.2 Å². The molecule has 90 valence electrons. The second kappa shape index (κ2) is 7.35. The third-order valence-electron chi connectivity index (χ3n) is 2.19. The van der Waals surface area contributed by atoms with E-state index in [4.69, 9.17) is 4.74 Å². The molecular weight excluding hydrogens is 224 g/mol. The van der Waals surface area contributed by atoms with Gasteiger partial charge in [-0.05, 0) is 26.8 Å². The summed E-state index contributed by atoms with van der Waals surface area (Å²) in [6.45, 7) is 5.20. The molecule has 4 nitrogen and oxygen atoms in total. The Morgan fingerprint density at radius 1 is 1.69 bits per heavy atom. The van der Waals surface area contributed by atoms with Gasteiger partial charge in [0.25, 0.3) is 0 Å². The number of nitrogens with zero attached hydrogens (tertiary/aromatic N) is 1. The Morgan fingerprint density at radius 3 is 3.12 bits per heavy atom. The lowest BCUT2D eigenvalue weighted by molar-refractivity contribution is -0.143. The largest absolute Gasteiger partial charge is 0.466 e. The average molecular weight is 242 g/mol. The van der Waals surface area contributed by atoms with Crippen molar-refractivity contribution in [2.75, 3.05) is 13.2 Å². The average Bonchev–Trinajstić information content (AvgIpc) is 2.78. The second-order valence-electron chi connectivity index (χ2n) is 3.49. The molecule has 0 amide bonds. The zero-order valence-electron chi connectivity index (χ0n) is 9.73. The number of nitrogens with one attached hydrogen (secondary N) is 1. The highest BCUT2D eigenvalue weighted by Crippen LogP contribution is 2.15. The molecular formula is C11H18N2O2S. The minimum Gasteiger partial charge on any atom is -0.466 e. The lowest BCUT2D eigenvalue weighted by Gasteiger charge is -2.10. The Morgan fingerprint density at radius 2 is 2.50 bits per heavy atom. The number of esters is 1. The van der Waals surface area contributed by atoms with Gasteiger partial charge in [-0.25, -0.2) is 0 Å². The van der Waals surface area contributed by atoms with Gasteiger partial charge in [0.15, 0.2) is 0 Å². The van der Waals surface area contributed by atoms with Crippen molar-refractivity contribution in [3.8, 4) is 0 Å². The monoisotopic (exact) mass is 242 g/mol. The maximum atomic E-state index is 11.1. The summed E-state index contributed by atoms with van der Waals surface area (Å²) in [6.07, 6.45) is 3.16. The van der Waals surface area contributed by atoms with Gasteiger partial charge in [-0.15, -0.1) is 11.3 Å². The number of hydrogen-bond donors (Lipinski definition) is 1. The summed E-state index contributed by atoms with van der Waals surface area (Å²) >= 11 is 1.64. The van der Waals surface area contributed by atoms with Crippen molar-refractivity contribution < 1.29 is 9.53 Å². The van der Waals surface area contributed by atoms with Gasteiger partial charge in [0.2, 0.25) is 0 Å². The highest BCUT2D eigenvalue weighted by atomic mass is 32.1. The van der Waals surface area contributed by atoms with E-state index in [1.54, 1.807) is 11.3 Å². The molecule has 1 heterocycles. The Balaban J connectivity index is 2.09. The van der Waals surface area contributed by atoms with Crippen LogP contribution in [0.1, 0.15) is 37.6 Å². The number of hydrogen-bond acceptors (Lipinski definition) is 5. The highest BCUT2D eigenvalue weighted by molar-refractivity contribution is 7.09. The van der Waals surface area contributed by atoms with Crippen molar-refractivity contribution in [1.82, 2.24) is 10.3 Å². The number of rotatable bonds is 7. The first-order valence-electron chi connectivity index (χ1n) is 5.51. The van der Waals surface area contributed by atoms with Gasteiger partial charge in [0.1, 0.15) is 0 Å². The molecule has 1 aromatic heterocycles. The Bertz CT molecular complexity index is 301. The molecule has 0 aliphatic rings. The van der Waals surface area contributed by atoms with E-state index in [0.29, 0.717) is 19.1 Å². The fourth-order valence-electron chi connectivity index (χ4n) is 1.32. The number of thiazole rings is 1. The maximum absolute atomic E-state index is 11.1. The molecule has 0 saturated carbocycles. The van der Waals surface area contributed by atoms with E-state index < -0.39 is 0 Å². The molecule has 1 aromatic rings. The van der Waals surface area contributed by atoms with E-state index >= 15 is 0 Å². The molecule has 0 spiro atoms. The van der Waals surface area contributed by atoms with E-state index in [-0.39, 0.29) is 5.97 Å². The number of carbonyl (C=O) groups is 1. The third kappa shape index (κ3) is 4.72. The van der Waals surface area contributed by atoms with Crippen molar-refractivity contribution in [2.45, 2.75) is 32.7 Å². The molecule has 1 rings (SSSR count). The van der Waals surface area contributed by atoms with Crippen molar-refractivity contribution in [3.05, 3.63) is 16.6 Å². The SMILES string of the molecule is CCOC(=O)CCCNC(C)c1cncs1. The maximum Gasteiger partial charge on any atom is 0.305 e. The topological polar surface area (TPSA) is 51.2 Å². The summed E-state index contributed by atoms with van der Waals surface area (Å²) in [7, 11) is 0. The fourth-order valence-corrected chi connectivity index (χ4v) is 1.98. The number of ether oxygens (including phenoxy) is 1. The highest BCUT2D eigenvalue weighted by Gasteiger charge is 2.06. The molecule has 0 radical (unpaired) electrons. The van der Waals surface area contributed by atoms with Crippen LogP contribution in [-0.2, 0) is 9.53 Å². The van der Waals surface area contributed by atoms with Gasteiger partial charge in [-0.2, -0.15) is 0 Å². The van der Waals surface area contributed by atoms with Crippen molar-refractivity contribution in [2.24, 2.45) is 0 Å². The molecule has 1 N–H and O–H groups in total. The Labute approximate surface area is 100 Å². The fraction of sp³-hybridized carbons (Fsp3) is 0.636. The summed E-state index contributed by atoms with van der Waals surface area (Å²) in [4.78, 5) is 16.3. The predicted molar refractivity (Wildman–Crippen MR) is 64.4 cm³/mol. The zero-order valence-corrected chi connectivity index (χ0v) is 10.5. The molecule has 1 atom stereocenters. The van der Waals surface area contributed by atoms with Crippen LogP contribution in [0.15, 0.2) is 11.7 Å². The first-order valence-corrected chi connectivity index (χ1v) is 6.39. The van der Waals surface area contributed by atoms with Gasteiger partial charge < -0.3 is 10.1 Å². The van der Waals surface area contributed by atoms with Crippen LogP contribution in [-0.4, -0.2) is 24.1 Å². The van der Waals surface area contributed by atoms with Crippen LogP contribution in [0.25, 0.3) is 0 Å². The van der Waals surface area contributed by atoms with Gasteiger partial charge in [0, 0.05) is 23.5 Å². The lowest BCUT2D eigenvalue weighted by Crippen LogP contribution is -2.20. The normalized spacial score (nSPS) is 12.4. The van der Waals surface area contributed by atoms with E-state index in [1.165, 1.54) is 4.88 Å². The summed E-state index contributed by atoms with van der Waals surface area (Å²) in [5.74, 6) is -0.116. The Hall–Kier alpha value is -0.940. The smallest absolute Gasteiger partial charge is 0.305 e. The lowest BCUT2D eigenvalue weighted by atomic mass is 10.2. The second-order valence-corrected chi connectivity index (χ2v) is 4.41. The molecule has 0 fully saturated rings. The van der Waals surface area contributed by atoms with Crippen LogP contribution in [0.5, 0.6) is 0 Å². The number of aromatic nitrogens is 1. The van der Waals surface area contributed by atoms with Crippen LogP contribution in [0.2, 0.25) is 0 Å². The minimum absolute atomic E-state index is 0.116. The molecule has 0 saturated heterocycles. The molecule has 0 aromatic carbocycles. The minimum atomic E-state index is -0.116. The summed E-state index contributed by atoms with van der Waals surface area (Å²) in [6, 6.07) is 0.301. The van der Waals surface area contributed by atoms with E-state index in [1.807, 2.05) is 18.6 Å².